The third-order valence-electron chi connectivity index (χ3n) is 2.64. The minimum absolute atomic E-state index is 0.0711. The Morgan fingerprint density at radius 3 is 2.89 bits per heavy atom. The van der Waals surface area contributed by atoms with Crippen LogP contribution in [0.4, 0.5) is 0 Å². The van der Waals surface area contributed by atoms with Crippen LogP contribution in [0.1, 0.15) is 37.7 Å². The van der Waals surface area contributed by atoms with Gasteiger partial charge in [0.25, 0.3) is 5.56 Å². The van der Waals surface area contributed by atoms with E-state index in [-0.39, 0.29) is 24.3 Å². The Kier molecular flexibility index (Phi) is 3.14. The van der Waals surface area contributed by atoms with E-state index in [9.17, 15) is 9.59 Å². The molecular weight excluding hydrogens is 236 g/mol. The van der Waals surface area contributed by atoms with Crippen molar-refractivity contribution in [2.45, 2.75) is 32.6 Å². The number of aryl methyl sites for hydroxylation is 1. The average Bonchev–Trinajstić information content (AvgIpc) is 2.69. The van der Waals surface area contributed by atoms with Crippen LogP contribution >= 0.6 is 0 Å². The Bertz CT molecular complexity index is 641. The van der Waals surface area contributed by atoms with Crippen LogP contribution in [-0.2, 0) is 11.2 Å². The number of rotatable bonds is 4. The Hall–Kier alpha value is -2.18. The fourth-order valence-corrected chi connectivity index (χ4v) is 1.67. The van der Waals surface area contributed by atoms with Gasteiger partial charge in [-0.3, -0.25) is 9.59 Å². The van der Waals surface area contributed by atoms with Gasteiger partial charge in [-0.05, 0) is 5.92 Å². The predicted molar refractivity (Wildman–Crippen MR) is 63.7 cm³/mol. The number of hydrogen-bond donors (Lipinski definition) is 2. The largest absolute Gasteiger partial charge is 0.481 e. The Labute approximate surface area is 102 Å². The molecule has 18 heavy (non-hydrogen) atoms. The summed E-state index contributed by atoms with van der Waals surface area (Å²) in [5.41, 5.74) is 0.450. The van der Waals surface area contributed by atoms with Crippen molar-refractivity contribution < 1.29 is 9.90 Å². The van der Waals surface area contributed by atoms with Gasteiger partial charge in [-0.2, -0.15) is 5.10 Å². The molecule has 0 radical (unpaired) electrons. The van der Waals surface area contributed by atoms with Crippen LogP contribution in [0.15, 0.2) is 10.9 Å². The maximum atomic E-state index is 11.9. The highest BCUT2D eigenvalue weighted by Gasteiger charge is 2.12. The second-order valence-corrected chi connectivity index (χ2v) is 4.37. The molecule has 0 bridgehead atoms. The molecule has 0 saturated carbocycles. The summed E-state index contributed by atoms with van der Waals surface area (Å²) < 4.78 is 1.31. The topological polar surface area (TPSA) is 100 Å². The second kappa shape index (κ2) is 4.59. The molecule has 7 nitrogen and oxygen atoms in total. The summed E-state index contributed by atoms with van der Waals surface area (Å²) in [4.78, 5) is 26.7. The molecule has 96 valence electrons. The highest BCUT2D eigenvalue weighted by molar-refractivity contribution is 5.66. The number of nitrogens with zero attached hydrogens (tertiary/aromatic N) is 3. The number of aromatic nitrogens is 4. The Morgan fingerprint density at radius 1 is 1.56 bits per heavy atom. The van der Waals surface area contributed by atoms with Gasteiger partial charge in [0, 0.05) is 12.5 Å². The maximum Gasteiger partial charge on any atom is 0.303 e. The molecule has 0 spiro atoms. The van der Waals surface area contributed by atoms with E-state index < -0.39 is 5.97 Å². The van der Waals surface area contributed by atoms with Crippen molar-refractivity contribution in [3.63, 3.8) is 0 Å². The van der Waals surface area contributed by atoms with E-state index in [1.165, 1.54) is 10.5 Å². The number of carboxylic acid groups (broad SMARTS) is 1. The van der Waals surface area contributed by atoms with E-state index in [1.54, 1.807) is 0 Å². The molecule has 2 aromatic rings. The molecule has 2 heterocycles. The Balaban J connectivity index is 2.47. The SMILES string of the molecule is CC(C)c1cc(=O)n2c(CCC(=O)O)n[nH]c2n1. The number of aliphatic carboxylic acids is 1. The predicted octanol–water partition coefficient (Wildman–Crippen LogP) is 0.558. The van der Waals surface area contributed by atoms with Gasteiger partial charge < -0.3 is 5.11 Å². The number of carbonyl (C=O) groups is 1. The Morgan fingerprint density at radius 2 is 2.28 bits per heavy atom. The minimum Gasteiger partial charge on any atom is -0.481 e. The van der Waals surface area contributed by atoms with Crippen molar-refractivity contribution >= 4 is 11.7 Å². The van der Waals surface area contributed by atoms with E-state index in [0.29, 0.717) is 17.3 Å². The average molecular weight is 250 g/mol. The van der Waals surface area contributed by atoms with Gasteiger partial charge >= 0.3 is 5.97 Å². The summed E-state index contributed by atoms with van der Waals surface area (Å²) in [6.07, 6.45) is 0.121. The summed E-state index contributed by atoms with van der Waals surface area (Å²) in [7, 11) is 0. The van der Waals surface area contributed by atoms with Crippen LogP contribution in [0, 0.1) is 0 Å². The van der Waals surface area contributed by atoms with E-state index >= 15 is 0 Å². The monoisotopic (exact) mass is 250 g/mol. The molecule has 0 aliphatic heterocycles. The van der Waals surface area contributed by atoms with Gasteiger partial charge in [0.2, 0.25) is 5.78 Å². The zero-order valence-electron chi connectivity index (χ0n) is 10.2. The van der Waals surface area contributed by atoms with Crippen molar-refractivity contribution in [3.05, 3.63) is 27.9 Å². The van der Waals surface area contributed by atoms with E-state index in [1.807, 2.05) is 13.8 Å². The van der Waals surface area contributed by atoms with E-state index in [0.717, 1.165) is 0 Å². The summed E-state index contributed by atoms with van der Waals surface area (Å²) in [5.74, 6) is -0.0359. The standard InChI is InChI=1S/C11H14N4O3/c1-6(2)7-5-9(16)15-8(3-4-10(17)18)13-14-11(15)12-7/h5-6H,3-4H2,1-2H3,(H,12,14)(H,17,18). The zero-order chi connectivity index (χ0) is 13.3. The third kappa shape index (κ3) is 2.24. The first-order valence-electron chi connectivity index (χ1n) is 5.67. The molecule has 7 heteroatoms. The highest BCUT2D eigenvalue weighted by Crippen LogP contribution is 2.10. The van der Waals surface area contributed by atoms with Gasteiger partial charge in [0.1, 0.15) is 5.82 Å². The first-order valence-corrected chi connectivity index (χ1v) is 5.67. The van der Waals surface area contributed by atoms with Crippen molar-refractivity contribution in [2.75, 3.05) is 0 Å². The maximum absolute atomic E-state index is 11.9. The van der Waals surface area contributed by atoms with Gasteiger partial charge in [-0.25, -0.2) is 14.5 Å². The van der Waals surface area contributed by atoms with Crippen molar-refractivity contribution in [1.29, 1.82) is 0 Å². The van der Waals surface area contributed by atoms with E-state index in [4.69, 9.17) is 5.11 Å². The normalized spacial score (nSPS) is 11.3. The fraction of sp³-hybridized carbons (Fsp3) is 0.455. The molecule has 2 aromatic heterocycles. The first kappa shape index (κ1) is 12.3. The van der Waals surface area contributed by atoms with Gasteiger partial charge in [-0.15, -0.1) is 0 Å². The molecule has 2 N–H and O–H groups in total. The fourth-order valence-electron chi connectivity index (χ4n) is 1.67. The number of fused-ring (bicyclic) bond motifs is 1. The quantitative estimate of drug-likeness (QED) is 0.825. The number of carboxylic acids is 1. The number of hydrogen-bond acceptors (Lipinski definition) is 4. The molecule has 0 aliphatic rings. The molecule has 0 saturated heterocycles. The first-order chi connectivity index (χ1) is 8.49. The van der Waals surface area contributed by atoms with Crippen LogP contribution in [0.2, 0.25) is 0 Å². The molecule has 0 unspecified atom stereocenters. The van der Waals surface area contributed by atoms with Gasteiger partial charge in [0.15, 0.2) is 0 Å². The molecule has 2 rings (SSSR count). The smallest absolute Gasteiger partial charge is 0.303 e. The van der Waals surface area contributed by atoms with Crippen molar-refractivity contribution in [3.8, 4) is 0 Å². The lowest BCUT2D eigenvalue weighted by atomic mass is 10.1. The third-order valence-corrected chi connectivity index (χ3v) is 2.64. The molecule has 0 aromatic carbocycles. The van der Waals surface area contributed by atoms with Crippen LogP contribution in [0.5, 0.6) is 0 Å². The second-order valence-electron chi connectivity index (χ2n) is 4.37. The summed E-state index contributed by atoms with van der Waals surface area (Å²) >= 11 is 0. The highest BCUT2D eigenvalue weighted by atomic mass is 16.4. The number of H-pyrrole nitrogens is 1. The van der Waals surface area contributed by atoms with Gasteiger partial charge in [-0.1, -0.05) is 13.8 Å². The lowest BCUT2D eigenvalue weighted by Crippen LogP contribution is -2.18. The number of aromatic amines is 1. The lowest BCUT2D eigenvalue weighted by Gasteiger charge is -2.03. The molecular formula is C11H14N4O3. The molecule has 0 fully saturated rings. The molecule has 0 aliphatic carbocycles. The van der Waals surface area contributed by atoms with Crippen LogP contribution in [0.3, 0.4) is 0 Å². The molecule has 0 atom stereocenters. The van der Waals surface area contributed by atoms with E-state index in [2.05, 4.69) is 15.2 Å². The van der Waals surface area contributed by atoms with Gasteiger partial charge in [0.05, 0.1) is 12.1 Å². The summed E-state index contributed by atoms with van der Waals surface area (Å²) in [5, 5.41) is 15.2. The summed E-state index contributed by atoms with van der Waals surface area (Å²) in [6.45, 7) is 3.89. The minimum atomic E-state index is -0.925. The van der Waals surface area contributed by atoms with Crippen molar-refractivity contribution in [2.24, 2.45) is 0 Å². The zero-order valence-corrected chi connectivity index (χ0v) is 10.2. The van der Waals surface area contributed by atoms with Crippen molar-refractivity contribution in [1.82, 2.24) is 19.6 Å². The number of nitrogens with one attached hydrogen (secondary N) is 1. The molecule has 0 amide bonds. The van der Waals surface area contributed by atoms with Crippen LogP contribution < -0.4 is 5.56 Å². The van der Waals surface area contributed by atoms with Crippen LogP contribution in [0.25, 0.3) is 5.78 Å². The van der Waals surface area contributed by atoms with Crippen LogP contribution in [-0.4, -0.2) is 30.7 Å². The lowest BCUT2D eigenvalue weighted by molar-refractivity contribution is -0.137. The summed E-state index contributed by atoms with van der Waals surface area (Å²) in [6, 6.07) is 1.46.